The SMILES string of the molecule is O=C(CC1CCCC1)N1CCCc2cc(S(=O)(=O)N3CCCC3)ccc21. The summed E-state index contributed by atoms with van der Waals surface area (Å²) in [5, 5.41) is 0. The Hall–Kier alpha value is -1.40. The second kappa shape index (κ2) is 7.31. The molecule has 2 aliphatic heterocycles. The molecule has 0 bridgehead atoms. The highest BCUT2D eigenvalue weighted by atomic mass is 32.2. The van der Waals surface area contributed by atoms with E-state index in [-0.39, 0.29) is 5.91 Å². The van der Waals surface area contributed by atoms with Gasteiger partial charge in [-0.25, -0.2) is 8.42 Å². The summed E-state index contributed by atoms with van der Waals surface area (Å²) in [7, 11) is -3.40. The summed E-state index contributed by atoms with van der Waals surface area (Å²) >= 11 is 0. The quantitative estimate of drug-likeness (QED) is 0.810. The number of anilines is 1. The van der Waals surface area contributed by atoms with Gasteiger partial charge in [0, 0.05) is 31.7 Å². The molecule has 1 aromatic carbocycles. The van der Waals surface area contributed by atoms with Crippen LogP contribution in [-0.2, 0) is 21.2 Å². The maximum atomic E-state index is 12.8. The first-order chi connectivity index (χ1) is 12.6. The average molecular weight is 377 g/mol. The van der Waals surface area contributed by atoms with Crippen molar-refractivity contribution >= 4 is 21.6 Å². The highest BCUT2D eigenvalue weighted by Crippen LogP contribution is 2.34. The maximum absolute atomic E-state index is 12.8. The standard InChI is InChI=1S/C20H28N2O3S/c23-20(14-16-6-1-2-7-16)22-13-5-8-17-15-18(9-10-19(17)22)26(24,25)21-11-3-4-12-21/h9-10,15-16H,1-8,11-14H2. The largest absolute Gasteiger partial charge is 0.312 e. The van der Waals surface area contributed by atoms with Crippen molar-refractivity contribution < 1.29 is 13.2 Å². The van der Waals surface area contributed by atoms with Crippen LogP contribution >= 0.6 is 0 Å². The summed E-state index contributed by atoms with van der Waals surface area (Å²) in [6.07, 6.45) is 9.06. The van der Waals surface area contributed by atoms with E-state index in [4.69, 9.17) is 0 Å². The van der Waals surface area contributed by atoms with Crippen LogP contribution < -0.4 is 4.90 Å². The lowest BCUT2D eigenvalue weighted by Crippen LogP contribution is -2.36. The predicted octanol–water partition coefficient (Wildman–Crippen LogP) is 3.33. The molecule has 0 aromatic heterocycles. The van der Waals surface area contributed by atoms with Crippen LogP contribution in [0.3, 0.4) is 0 Å². The van der Waals surface area contributed by atoms with Crippen LogP contribution in [0.5, 0.6) is 0 Å². The Bertz CT molecular complexity index is 778. The topological polar surface area (TPSA) is 57.7 Å². The van der Waals surface area contributed by atoms with Crippen molar-refractivity contribution in [3.8, 4) is 0 Å². The summed E-state index contributed by atoms with van der Waals surface area (Å²) in [5.41, 5.74) is 1.91. The van der Waals surface area contributed by atoms with Gasteiger partial charge in [0.05, 0.1) is 4.90 Å². The Morgan fingerprint density at radius 3 is 2.46 bits per heavy atom. The van der Waals surface area contributed by atoms with Gasteiger partial charge in [0.15, 0.2) is 0 Å². The number of aryl methyl sites for hydroxylation is 1. The molecule has 1 aromatic rings. The number of hydrogen-bond donors (Lipinski definition) is 0. The van der Waals surface area contributed by atoms with E-state index in [9.17, 15) is 13.2 Å². The van der Waals surface area contributed by atoms with Gasteiger partial charge in [0.25, 0.3) is 0 Å². The molecule has 0 unspecified atom stereocenters. The number of amides is 1. The second-order valence-corrected chi connectivity index (χ2v) is 9.84. The van der Waals surface area contributed by atoms with Crippen molar-refractivity contribution in [2.75, 3.05) is 24.5 Å². The van der Waals surface area contributed by atoms with E-state index in [1.807, 2.05) is 11.0 Å². The third-order valence-electron chi connectivity index (χ3n) is 6.11. The molecular formula is C20H28N2O3S. The smallest absolute Gasteiger partial charge is 0.243 e. The van der Waals surface area contributed by atoms with Crippen LogP contribution in [0.4, 0.5) is 5.69 Å². The fourth-order valence-corrected chi connectivity index (χ4v) is 6.21. The Labute approximate surface area is 156 Å². The lowest BCUT2D eigenvalue weighted by Gasteiger charge is -2.31. The molecule has 0 atom stereocenters. The molecule has 0 radical (unpaired) electrons. The van der Waals surface area contributed by atoms with Crippen molar-refractivity contribution in [2.24, 2.45) is 5.92 Å². The van der Waals surface area contributed by atoms with Gasteiger partial charge in [-0.3, -0.25) is 4.79 Å². The van der Waals surface area contributed by atoms with Gasteiger partial charge in [0.1, 0.15) is 0 Å². The summed E-state index contributed by atoms with van der Waals surface area (Å²) in [6.45, 7) is 1.98. The summed E-state index contributed by atoms with van der Waals surface area (Å²) < 4.78 is 27.2. The zero-order valence-corrected chi connectivity index (χ0v) is 16.1. The number of fused-ring (bicyclic) bond motifs is 1. The van der Waals surface area contributed by atoms with Crippen LogP contribution in [0.1, 0.15) is 56.9 Å². The molecule has 1 aliphatic carbocycles. The minimum Gasteiger partial charge on any atom is -0.312 e. The van der Waals surface area contributed by atoms with Gasteiger partial charge in [-0.2, -0.15) is 4.31 Å². The molecule has 1 saturated carbocycles. The molecule has 6 heteroatoms. The van der Waals surface area contributed by atoms with Gasteiger partial charge in [0.2, 0.25) is 15.9 Å². The summed E-state index contributed by atoms with van der Waals surface area (Å²) in [6, 6.07) is 5.34. The summed E-state index contributed by atoms with van der Waals surface area (Å²) in [4.78, 5) is 15.1. The second-order valence-electron chi connectivity index (χ2n) is 7.91. The fourth-order valence-electron chi connectivity index (χ4n) is 4.64. The molecule has 5 nitrogen and oxygen atoms in total. The Kier molecular flexibility index (Phi) is 5.06. The van der Waals surface area contributed by atoms with E-state index in [1.54, 1.807) is 16.4 Å². The van der Waals surface area contributed by atoms with Crippen molar-refractivity contribution in [2.45, 2.75) is 62.7 Å². The molecule has 1 saturated heterocycles. The molecule has 26 heavy (non-hydrogen) atoms. The highest BCUT2D eigenvalue weighted by Gasteiger charge is 2.30. The molecule has 3 aliphatic rings. The number of carbonyl (C=O) groups excluding carboxylic acids is 1. The normalized spacial score (nSPS) is 21.9. The molecule has 1 amide bonds. The molecule has 4 rings (SSSR count). The first kappa shape index (κ1) is 18.0. The van der Waals surface area contributed by atoms with E-state index in [0.717, 1.165) is 43.5 Å². The van der Waals surface area contributed by atoms with Crippen molar-refractivity contribution in [1.82, 2.24) is 4.31 Å². The molecule has 2 heterocycles. The van der Waals surface area contributed by atoms with E-state index in [2.05, 4.69) is 0 Å². The number of benzene rings is 1. The lowest BCUT2D eigenvalue weighted by atomic mass is 9.99. The maximum Gasteiger partial charge on any atom is 0.243 e. The molecule has 0 N–H and O–H groups in total. The monoisotopic (exact) mass is 376 g/mol. The van der Waals surface area contributed by atoms with Gasteiger partial charge >= 0.3 is 0 Å². The Morgan fingerprint density at radius 1 is 1.00 bits per heavy atom. The van der Waals surface area contributed by atoms with E-state index >= 15 is 0 Å². The van der Waals surface area contributed by atoms with Crippen molar-refractivity contribution in [3.05, 3.63) is 23.8 Å². The van der Waals surface area contributed by atoms with Gasteiger partial charge in [-0.05, 0) is 68.2 Å². The van der Waals surface area contributed by atoms with Crippen molar-refractivity contribution in [1.29, 1.82) is 0 Å². The van der Waals surface area contributed by atoms with Crippen LogP contribution in [0.2, 0.25) is 0 Å². The predicted molar refractivity (Wildman–Crippen MR) is 102 cm³/mol. The number of carbonyl (C=O) groups is 1. The van der Waals surface area contributed by atoms with Gasteiger partial charge in [-0.15, -0.1) is 0 Å². The van der Waals surface area contributed by atoms with E-state index < -0.39 is 10.0 Å². The van der Waals surface area contributed by atoms with Gasteiger partial charge in [-0.1, -0.05) is 12.8 Å². The minimum absolute atomic E-state index is 0.202. The minimum atomic E-state index is -3.40. The van der Waals surface area contributed by atoms with Crippen molar-refractivity contribution in [3.63, 3.8) is 0 Å². The molecular weight excluding hydrogens is 348 g/mol. The number of rotatable bonds is 4. The number of nitrogens with zero attached hydrogens (tertiary/aromatic N) is 2. The van der Waals surface area contributed by atoms with E-state index in [1.165, 1.54) is 25.7 Å². The first-order valence-electron chi connectivity index (χ1n) is 9.99. The third-order valence-corrected chi connectivity index (χ3v) is 8.01. The first-order valence-corrected chi connectivity index (χ1v) is 11.4. The lowest BCUT2D eigenvalue weighted by molar-refractivity contribution is -0.119. The molecule has 2 fully saturated rings. The van der Waals surface area contributed by atoms with Gasteiger partial charge < -0.3 is 4.90 Å². The summed E-state index contributed by atoms with van der Waals surface area (Å²) in [5.74, 6) is 0.732. The molecule has 142 valence electrons. The number of hydrogen-bond acceptors (Lipinski definition) is 3. The van der Waals surface area contributed by atoms with E-state index in [0.29, 0.717) is 30.3 Å². The average Bonchev–Trinajstić information content (AvgIpc) is 3.34. The third kappa shape index (κ3) is 3.41. The molecule has 0 spiro atoms. The number of sulfonamides is 1. The van der Waals surface area contributed by atoms with Crippen LogP contribution in [0.25, 0.3) is 0 Å². The Balaban J connectivity index is 1.56. The Morgan fingerprint density at radius 2 is 1.73 bits per heavy atom. The van der Waals surface area contributed by atoms with Crippen LogP contribution in [-0.4, -0.2) is 38.3 Å². The fraction of sp³-hybridized carbons (Fsp3) is 0.650. The highest BCUT2D eigenvalue weighted by molar-refractivity contribution is 7.89. The van der Waals surface area contributed by atoms with Crippen LogP contribution in [0.15, 0.2) is 23.1 Å². The zero-order chi connectivity index (χ0) is 18.1. The zero-order valence-electron chi connectivity index (χ0n) is 15.3. The van der Waals surface area contributed by atoms with Crippen LogP contribution in [0, 0.1) is 5.92 Å².